The van der Waals surface area contributed by atoms with Crippen molar-refractivity contribution in [2.24, 2.45) is 11.8 Å². The molecule has 0 aliphatic carbocycles. The molecule has 3 aliphatic heterocycles. The van der Waals surface area contributed by atoms with Crippen LogP contribution < -0.4 is 16.4 Å². The van der Waals surface area contributed by atoms with E-state index < -0.39 is 55.8 Å². The molecule has 0 radical (unpaired) electrons. The molecule has 0 unspecified atom stereocenters. The van der Waals surface area contributed by atoms with Gasteiger partial charge in [-0.1, -0.05) is 92.9 Å². The number of nitrogens with two attached hydrogens (primary N) is 1. The molecule has 3 fully saturated rings. The number of rotatable bonds is 22. The monoisotopic (exact) mass is 1130 g/mol. The first kappa shape index (κ1) is 61.7. The molecule has 27 heteroatoms. The molecule has 81 heavy (non-hydrogen) atoms. The Morgan fingerprint density at radius 2 is 0.938 bits per heavy atom. The van der Waals surface area contributed by atoms with Gasteiger partial charge in [0.05, 0.1) is 37.8 Å². The first-order chi connectivity index (χ1) is 39.0. The van der Waals surface area contributed by atoms with Crippen LogP contribution in [0.3, 0.4) is 0 Å². The van der Waals surface area contributed by atoms with Crippen molar-refractivity contribution >= 4 is 74.7 Å². The number of anilines is 3. The van der Waals surface area contributed by atoms with Crippen molar-refractivity contribution in [2.45, 2.75) is 207 Å². The lowest BCUT2D eigenvalue weighted by Gasteiger charge is -2.21. The van der Waals surface area contributed by atoms with Crippen LogP contribution in [-0.2, 0) is 42.9 Å². The molecule has 7 N–H and O–H groups in total. The third kappa shape index (κ3) is 14.8. The largest absolute Gasteiger partial charge is 0.457 e. The van der Waals surface area contributed by atoms with Gasteiger partial charge in [-0.2, -0.15) is 0 Å². The Morgan fingerprint density at radius 3 is 1.35 bits per heavy atom. The molecule has 0 saturated carbocycles. The summed E-state index contributed by atoms with van der Waals surface area (Å²) in [6.07, 6.45) is 15.7. The Balaban J connectivity index is 0.000000178. The van der Waals surface area contributed by atoms with Crippen molar-refractivity contribution in [1.29, 1.82) is 0 Å². The molecule has 442 valence electrons. The number of hydrogen-bond acceptors (Lipinski definition) is 22. The van der Waals surface area contributed by atoms with Crippen LogP contribution >= 0.6 is 0 Å². The standard InChI is InChI=1S/C22H33N5O4.C18H27N5O5.C14H19N5O3/c1-5-7-8-9-10-11-17(29)26-20-18-21(24-12-23-20)27(13-25-18)22-19(30-15(4)28)14(3)16(6-2)31-22;1-2-3-4-5-6-7-12(25)22-16-13-17(20-9-19-16)23(10-21-13)18-15(27)14(26)11(8-24)28-18;1-4-9-7(2)11(21-8(3)20)14(22-9)19-6-18-10-12(15)16-5-17-13(10)19/h12-14,16,19,22H,5-11H2,1-4H3,(H,23,24,26,29);9-11,14-15,18,24,26-27H,2-8H2,1H3,(H,19,20,22,25);5-7,9,11,14H,4H2,1-3H3,(H2,15,16,17)/t14-,16+,19+,22+;11-,14+,15-,18-;7-,9+,11+,14+/m010/s1. The van der Waals surface area contributed by atoms with Crippen LogP contribution in [0.2, 0.25) is 0 Å². The molecule has 6 aromatic heterocycles. The number of fused-ring (bicyclic) bond motifs is 3. The van der Waals surface area contributed by atoms with E-state index in [1.165, 1.54) is 63.0 Å². The first-order valence-corrected chi connectivity index (χ1v) is 28.2. The van der Waals surface area contributed by atoms with Crippen molar-refractivity contribution in [3.05, 3.63) is 38.0 Å². The van der Waals surface area contributed by atoms with E-state index in [-0.39, 0.29) is 53.6 Å². The van der Waals surface area contributed by atoms with Gasteiger partial charge in [0, 0.05) is 38.5 Å². The zero-order chi connectivity index (χ0) is 58.3. The number of esters is 2. The number of amides is 2. The molecule has 0 aromatic carbocycles. The molecule has 3 aliphatic rings. The molecule has 9 rings (SSSR count). The Morgan fingerprint density at radius 1 is 0.543 bits per heavy atom. The van der Waals surface area contributed by atoms with E-state index in [1.54, 1.807) is 21.8 Å². The van der Waals surface area contributed by atoms with Crippen molar-refractivity contribution in [1.82, 2.24) is 58.6 Å². The maximum absolute atomic E-state index is 12.4. The van der Waals surface area contributed by atoms with Gasteiger partial charge in [0.2, 0.25) is 11.8 Å². The fourth-order valence-corrected chi connectivity index (χ4v) is 10.4. The van der Waals surface area contributed by atoms with E-state index in [1.807, 2.05) is 27.7 Å². The van der Waals surface area contributed by atoms with E-state index in [0.717, 1.165) is 57.8 Å². The number of carbonyl (C=O) groups excluding carboxylic acids is 4. The molecule has 2 amide bonds. The van der Waals surface area contributed by atoms with Crippen LogP contribution in [0, 0.1) is 11.8 Å². The normalized spacial score (nSPS) is 25.1. The van der Waals surface area contributed by atoms with E-state index in [2.05, 4.69) is 69.3 Å². The number of nitrogen functional groups attached to an aromatic ring is 1. The second-order valence-corrected chi connectivity index (χ2v) is 20.6. The smallest absolute Gasteiger partial charge is 0.303 e. The van der Waals surface area contributed by atoms with Gasteiger partial charge in [0.1, 0.15) is 42.8 Å². The van der Waals surface area contributed by atoms with E-state index in [4.69, 9.17) is 29.4 Å². The predicted octanol–water partition coefficient (Wildman–Crippen LogP) is 6.02. The summed E-state index contributed by atoms with van der Waals surface area (Å²) in [4.78, 5) is 85.5. The Kier molecular flexibility index (Phi) is 22.2. The molecule has 12 atom stereocenters. The minimum atomic E-state index is -1.24. The lowest BCUT2D eigenvalue weighted by Crippen LogP contribution is -2.33. The Hall–Kier alpha value is -6.91. The van der Waals surface area contributed by atoms with Crippen LogP contribution in [0.1, 0.15) is 164 Å². The highest BCUT2D eigenvalue weighted by molar-refractivity contribution is 5.97. The number of aliphatic hydroxyl groups excluding tert-OH is 3. The third-order valence-electron chi connectivity index (χ3n) is 14.8. The number of nitrogens with zero attached hydrogens (tertiary/aromatic N) is 12. The fourth-order valence-electron chi connectivity index (χ4n) is 10.4. The number of unbranched alkanes of at least 4 members (excludes halogenated alkanes) is 8. The van der Waals surface area contributed by atoms with Crippen molar-refractivity contribution in [3.63, 3.8) is 0 Å². The number of imidazole rings is 3. The second kappa shape index (κ2) is 29.2. The summed E-state index contributed by atoms with van der Waals surface area (Å²) in [6, 6.07) is 0. The summed E-state index contributed by atoms with van der Waals surface area (Å²) >= 11 is 0. The van der Waals surface area contributed by atoms with Gasteiger partial charge in [0.15, 0.2) is 76.3 Å². The van der Waals surface area contributed by atoms with Crippen molar-refractivity contribution in [2.75, 3.05) is 23.0 Å². The van der Waals surface area contributed by atoms with Gasteiger partial charge in [-0.15, -0.1) is 0 Å². The summed E-state index contributed by atoms with van der Waals surface area (Å²) in [7, 11) is 0. The highest BCUT2D eigenvalue weighted by Crippen LogP contribution is 2.41. The summed E-state index contributed by atoms with van der Waals surface area (Å²) in [5.41, 5.74) is 8.62. The molecule has 27 nitrogen and oxygen atoms in total. The Labute approximate surface area is 469 Å². The third-order valence-corrected chi connectivity index (χ3v) is 14.8. The number of carbonyl (C=O) groups is 4. The predicted molar refractivity (Wildman–Crippen MR) is 295 cm³/mol. The first-order valence-electron chi connectivity index (χ1n) is 28.2. The van der Waals surface area contributed by atoms with Crippen LogP contribution in [0.4, 0.5) is 17.5 Å². The number of aromatic nitrogens is 12. The van der Waals surface area contributed by atoms with E-state index >= 15 is 0 Å². The maximum Gasteiger partial charge on any atom is 0.303 e. The summed E-state index contributed by atoms with van der Waals surface area (Å²) in [6.45, 7) is 14.8. The minimum absolute atomic E-state index is 0.00554. The summed E-state index contributed by atoms with van der Waals surface area (Å²) in [5, 5.41) is 35.0. The van der Waals surface area contributed by atoms with Gasteiger partial charge < -0.3 is 55.4 Å². The van der Waals surface area contributed by atoms with E-state index in [0.29, 0.717) is 58.0 Å². The zero-order valence-corrected chi connectivity index (χ0v) is 47.5. The van der Waals surface area contributed by atoms with Crippen LogP contribution in [0.25, 0.3) is 33.5 Å². The van der Waals surface area contributed by atoms with Crippen LogP contribution in [0.15, 0.2) is 38.0 Å². The highest BCUT2D eigenvalue weighted by Gasteiger charge is 2.47. The molecule has 9 heterocycles. The number of ether oxygens (including phenoxy) is 5. The quantitative estimate of drug-likeness (QED) is 0.0334. The lowest BCUT2D eigenvalue weighted by atomic mass is 9.98. The highest BCUT2D eigenvalue weighted by atomic mass is 16.6. The molecule has 6 aromatic rings. The van der Waals surface area contributed by atoms with Crippen LogP contribution in [-0.4, -0.2) is 147 Å². The molecule has 3 saturated heterocycles. The van der Waals surface area contributed by atoms with Gasteiger partial charge in [-0.25, -0.2) is 44.9 Å². The maximum atomic E-state index is 12.4. The molecular formula is C54H79N15O12. The van der Waals surface area contributed by atoms with Gasteiger partial charge >= 0.3 is 11.9 Å². The topological polar surface area (TPSA) is 356 Å². The van der Waals surface area contributed by atoms with E-state index in [9.17, 15) is 34.5 Å². The van der Waals surface area contributed by atoms with Gasteiger partial charge in [-0.05, 0) is 25.7 Å². The number of nitrogens with one attached hydrogen (secondary N) is 2. The number of aliphatic hydroxyl groups is 3. The molecule has 0 bridgehead atoms. The SMILES string of the molecule is CCCCCCCC(=O)Nc1ncnc2c1ncn2[C@@H]1O[C@H](CC)[C@H](C)[C@H]1OC(C)=O.CCCCCCCC(=O)Nc1ncnc2c1ncn2[C@@H]1O[C@H](CO)[C@H](O)[C@H]1O.CC[C@H]1O[C@@H](n2cnc3c(N)ncnc32)[C@H](OC(C)=O)[C@H]1C. The van der Waals surface area contributed by atoms with Crippen molar-refractivity contribution < 1.29 is 58.2 Å². The van der Waals surface area contributed by atoms with Gasteiger partial charge in [0.25, 0.3) is 0 Å². The van der Waals surface area contributed by atoms with Crippen LogP contribution in [0.5, 0.6) is 0 Å². The fraction of sp³-hybridized carbons (Fsp3) is 0.648. The average molecular weight is 1130 g/mol. The van der Waals surface area contributed by atoms with Crippen molar-refractivity contribution in [3.8, 4) is 0 Å². The average Bonchev–Trinajstić information content (AvgIpc) is 4.53. The molecular weight excluding hydrogens is 1050 g/mol. The Bertz CT molecular complexity index is 3030. The second-order valence-electron chi connectivity index (χ2n) is 20.6. The van der Waals surface area contributed by atoms with Gasteiger partial charge in [-0.3, -0.25) is 32.9 Å². The lowest BCUT2D eigenvalue weighted by molar-refractivity contribution is -0.154. The summed E-state index contributed by atoms with van der Waals surface area (Å²) in [5.74, 6) is 0.179. The summed E-state index contributed by atoms with van der Waals surface area (Å²) < 4.78 is 33.8. The minimum Gasteiger partial charge on any atom is -0.457 e. The molecule has 0 spiro atoms. The zero-order valence-electron chi connectivity index (χ0n) is 47.5. The number of hydrogen-bond donors (Lipinski definition) is 6.